The van der Waals surface area contributed by atoms with E-state index in [0.29, 0.717) is 36.5 Å². The van der Waals surface area contributed by atoms with Crippen molar-refractivity contribution in [2.45, 2.75) is 109 Å². The summed E-state index contributed by atoms with van der Waals surface area (Å²) in [6.45, 7) is 4.95. The van der Waals surface area contributed by atoms with Gasteiger partial charge in [-0.2, -0.15) is 0 Å². The topological polar surface area (TPSA) is 151 Å². The zero-order valence-corrected chi connectivity index (χ0v) is 26.9. The third kappa shape index (κ3) is 6.33. The Morgan fingerprint density at radius 3 is 1.87 bits per heavy atom. The number of rotatable bonds is 8. The molecule has 4 aliphatic carbocycles. The molecule has 6 rings (SSSR count). The molecule has 0 unspecified atom stereocenters. The zero-order chi connectivity index (χ0) is 31.9. The highest BCUT2D eigenvalue weighted by atomic mass is 16.3. The van der Waals surface area contributed by atoms with E-state index in [1.54, 1.807) is 24.3 Å². The van der Waals surface area contributed by atoms with Gasteiger partial charge in [-0.25, -0.2) is 0 Å². The van der Waals surface area contributed by atoms with Gasteiger partial charge in [0.1, 0.15) is 11.5 Å². The van der Waals surface area contributed by atoms with Crippen molar-refractivity contribution in [3.63, 3.8) is 0 Å². The number of nitrogens with one attached hydrogen (secondary N) is 2. The molecular formula is C37H52N4O4. The summed E-state index contributed by atoms with van der Waals surface area (Å²) < 4.78 is 0. The van der Waals surface area contributed by atoms with Crippen LogP contribution in [0, 0.1) is 34.5 Å². The summed E-state index contributed by atoms with van der Waals surface area (Å²) in [6, 6.07) is 12.9. The molecule has 244 valence electrons. The van der Waals surface area contributed by atoms with E-state index in [2.05, 4.69) is 24.5 Å². The predicted molar refractivity (Wildman–Crippen MR) is 175 cm³/mol. The van der Waals surface area contributed by atoms with Gasteiger partial charge in [-0.3, -0.25) is 9.59 Å². The quantitative estimate of drug-likeness (QED) is 0.256. The van der Waals surface area contributed by atoms with Crippen LogP contribution in [0.25, 0.3) is 0 Å². The van der Waals surface area contributed by atoms with Gasteiger partial charge in [0.2, 0.25) is 11.8 Å². The van der Waals surface area contributed by atoms with Crippen molar-refractivity contribution in [1.82, 2.24) is 10.6 Å². The number of carbonyl (C=O) groups is 2. The van der Waals surface area contributed by atoms with Gasteiger partial charge in [-0.15, -0.1) is 0 Å². The van der Waals surface area contributed by atoms with E-state index in [0.717, 1.165) is 49.7 Å². The van der Waals surface area contributed by atoms with Gasteiger partial charge in [0, 0.05) is 12.1 Å². The van der Waals surface area contributed by atoms with Gasteiger partial charge in [0.25, 0.3) is 0 Å². The molecule has 4 aliphatic rings. The van der Waals surface area contributed by atoms with E-state index in [1.165, 1.54) is 19.3 Å². The Morgan fingerprint density at radius 1 is 0.733 bits per heavy atom. The van der Waals surface area contributed by atoms with Gasteiger partial charge in [0.05, 0.1) is 12.1 Å². The molecule has 4 saturated carbocycles. The van der Waals surface area contributed by atoms with Crippen LogP contribution in [0.2, 0.25) is 0 Å². The van der Waals surface area contributed by atoms with Crippen LogP contribution in [-0.4, -0.2) is 46.2 Å². The molecule has 8 heteroatoms. The number of hydrogen-bond acceptors (Lipinski definition) is 6. The van der Waals surface area contributed by atoms with E-state index < -0.39 is 12.1 Å². The molecule has 8 N–H and O–H groups in total. The molecule has 0 spiro atoms. The Morgan fingerprint density at radius 2 is 1.27 bits per heavy atom. The molecule has 0 aliphatic heterocycles. The molecule has 0 aromatic heterocycles. The minimum Gasteiger partial charge on any atom is -0.508 e. The summed E-state index contributed by atoms with van der Waals surface area (Å²) in [5.74, 6) is 2.85. The van der Waals surface area contributed by atoms with Crippen LogP contribution in [0.1, 0.15) is 82.8 Å². The molecule has 0 bridgehead atoms. The SMILES string of the molecule is C[C@]12CC[C@H](NC(=O)[C@H](N)Cc3ccc(O)cc3)C[C@@H]1CC[C@@H]1[C@@H]2CC[C@]2(C)[C@@H](NC(=O)[C@H](N)Cc3ccc(O)cc3)CC[C@@H]12. The van der Waals surface area contributed by atoms with Gasteiger partial charge >= 0.3 is 0 Å². The molecule has 10 atom stereocenters. The fourth-order valence-corrected chi connectivity index (χ4v) is 10.2. The normalized spacial score (nSPS) is 35.3. The lowest BCUT2D eigenvalue weighted by Gasteiger charge is -2.61. The van der Waals surface area contributed by atoms with Gasteiger partial charge in [0.15, 0.2) is 0 Å². The molecule has 45 heavy (non-hydrogen) atoms. The summed E-state index contributed by atoms with van der Waals surface area (Å²) in [7, 11) is 0. The summed E-state index contributed by atoms with van der Waals surface area (Å²) in [4.78, 5) is 26.3. The number of hydrogen-bond donors (Lipinski definition) is 6. The monoisotopic (exact) mass is 616 g/mol. The van der Waals surface area contributed by atoms with E-state index in [-0.39, 0.29) is 46.2 Å². The first-order chi connectivity index (χ1) is 21.5. The lowest BCUT2D eigenvalue weighted by atomic mass is 9.45. The lowest BCUT2D eigenvalue weighted by molar-refractivity contribution is -0.129. The molecule has 2 aromatic rings. The van der Waals surface area contributed by atoms with Crippen molar-refractivity contribution in [2.24, 2.45) is 46.0 Å². The first-order valence-corrected chi connectivity index (χ1v) is 17.1. The summed E-state index contributed by atoms with van der Waals surface area (Å²) in [5, 5.41) is 25.8. The first kappa shape index (κ1) is 31.9. The van der Waals surface area contributed by atoms with E-state index in [1.807, 2.05) is 24.3 Å². The number of benzene rings is 2. The summed E-state index contributed by atoms with van der Waals surface area (Å²) in [5.41, 5.74) is 14.9. The second-order valence-electron chi connectivity index (χ2n) is 15.3. The summed E-state index contributed by atoms with van der Waals surface area (Å²) in [6.07, 6.45) is 11.0. The van der Waals surface area contributed by atoms with Crippen LogP contribution >= 0.6 is 0 Å². The minimum absolute atomic E-state index is 0.0732. The van der Waals surface area contributed by atoms with Crippen molar-refractivity contribution in [2.75, 3.05) is 0 Å². The Balaban J connectivity index is 1.04. The largest absolute Gasteiger partial charge is 0.508 e. The number of fused-ring (bicyclic) bond motifs is 5. The smallest absolute Gasteiger partial charge is 0.237 e. The fourth-order valence-electron chi connectivity index (χ4n) is 10.2. The molecule has 0 heterocycles. The molecule has 2 aromatic carbocycles. The van der Waals surface area contributed by atoms with Crippen molar-refractivity contribution in [3.8, 4) is 11.5 Å². The van der Waals surface area contributed by atoms with Gasteiger partial charge in [-0.1, -0.05) is 38.1 Å². The molecule has 8 nitrogen and oxygen atoms in total. The molecule has 0 saturated heterocycles. The number of phenolic OH excluding ortho intramolecular Hbond substituents is 2. The van der Waals surface area contributed by atoms with Crippen LogP contribution in [0.3, 0.4) is 0 Å². The number of aromatic hydroxyl groups is 2. The minimum atomic E-state index is -0.610. The highest BCUT2D eigenvalue weighted by Crippen LogP contribution is 2.66. The lowest BCUT2D eigenvalue weighted by Crippen LogP contribution is -2.58. The Bertz CT molecular complexity index is 1370. The van der Waals surface area contributed by atoms with Crippen LogP contribution in [-0.2, 0) is 22.4 Å². The van der Waals surface area contributed by atoms with E-state index >= 15 is 0 Å². The third-order valence-electron chi connectivity index (χ3n) is 12.8. The molecular weight excluding hydrogens is 564 g/mol. The Kier molecular flexibility index (Phi) is 8.92. The van der Waals surface area contributed by atoms with Crippen LogP contribution in [0.15, 0.2) is 48.5 Å². The number of nitrogens with two attached hydrogens (primary N) is 2. The summed E-state index contributed by atoms with van der Waals surface area (Å²) >= 11 is 0. The number of carbonyl (C=O) groups excluding carboxylic acids is 2. The van der Waals surface area contributed by atoms with Crippen LogP contribution in [0.5, 0.6) is 11.5 Å². The Labute approximate surface area is 267 Å². The number of amides is 2. The zero-order valence-electron chi connectivity index (χ0n) is 26.9. The third-order valence-corrected chi connectivity index (χ3v) is 12.8. The van der Waals surface area contributed by atoms with Crippen LogP contribution < -0.4 is 22.1 Å². The average molecular weight is 617 g/mol. The highest BCUT2D eigenvalue weighted by Gasteiger charge is 2.60. The van der Waals surface area contributed by atoms with Crippen molar-refractivity contribution >= 4 is 11.8 Å². The number of phenols is 2. The highest BCUT2D eigenvalue weighted by molar-refractivity contribution is 5.82. The fraction of sp³-hybridized carbons (Fsp3) is 0.622. The molecule has 4 fully saturated rings. The van der Waals surface area contributed by atoms with Crippen molar-refractivity contribution < 1.29 is 19.8 Å². The van der Waals surface area contributed by atoms with Crippen molar-refractivity contribution in [1.29, 1.82) is 0 Å². The second kappa shape index (κ2) is 12.6. The van der Waals surface area contributed by atoms with Gasteiger partial charge < -0.3 is 32.3 Å². The Hall–Kier alpha value is -3.10. The molecule has 2 amide bonds. The standard InChI is InChI=1S/C37H52N4O4/c1-36-17-15-25(40-34(44)31(38)19-22-3-8-26(42)9-4-22)21-24(36)7-12-28-29-13-14-33(37(29,2)18-16-30(28)36)41-35(45)32(39)20-23-5-10-27(43)11-6-23/h3-6,8-11,24-25,28-33,42-43H,7,12-21,38-39H2,1-2H3,(H,40,44)(H,41,45)/t24-,25-,28-,29-,30-,31+,32+,33-,36-,37-/m0/s1. The predicted octanol–water partition coefficient (Wildman–Crippen LogP) is 4.55. The van der Waals surface area contributed by atoms with Gasteiger partial charge in [-0.05, 0) is 141 Å². The van der Waals surface area contributed by atoms with E-state index in [9.17, 15) is 19.8 Å². The van der Waals surface area contributed by atoms with Crippen molar-refractivity contribution in [3.05, 3.63) is 59.7 Å². The van der Waals surface area contributed by atoms with Crippen LogP contribution in [0.4, 0.5) is 0 Å². The van der Waals surface area contributed by atoms with E-state index in [4.69, 9.17) is 11.5 Å². The average Bonchev–Trinajstić information content (AvgIpc) is 3.35. The maximum Gasteiger partial charge on any atom is 0.237 e. The second-order valence-corrected chi connectivity index (χ2v) is 15.3. The maximum atomic E-state index is 13.2. The first-order valence-electron chi connectivity index (χ1n) is 17.1. The maximum absolute atomic E-state index is 13.2. The molecule has 0 radical (unpaired) electrons.